The lowest BCUT2D eigenvalue weighted by molar-refractivity contribution is 0.283. The molecular formula is C15H24BrNO. The van der Waals surface area contributed by atoms with Gasteiger partial charge in [0, 0.05) is 23.0 Å². The molecule has 0 aliphatic rings. The molecule has 0 heterocycles. The molecule has 0 atom stereocenters. The molecule has 0 aliphatic heterocycles. The fourth-order valence-electron chi connectivity index (χ4n) is 2.18. The molecule has 0 spiro atoms. The van der Waals surface area contributed by atoms with Gasteiger partial charge in [-0.1, -0.05) is 35.8 Å². The molecule has 18 heavy (non-hydrogen) atoms. The minimum Gasteiger partial charge on any atom is -0.396 e. The summed E-state index contributed by atoms with van der Waals surface area (Å²) < 4.78 is 1.14. The van der Waals surface area contributed by atoms with Crippen molar-refractivity contribution in [1.29, 1.82) is 0 Å². The molecular weight excluding hydrogens is 290 g/mol. The number of benzene rings is 1. The van der Waals surface area contributed by atoms with Gasteiger partial charge in [0.2, 0.25) is 0 Å². The van der Waals surface area contributed by atoms with E-state index < -0.39 is 0 Å². The highest BCUT2D eigenvalue weighted by atomic mass is 79.9. The molecule has 1 aromatic carbocycles. The van der Waals surface area contributed by atoms with E-state index in [-0.39, 0.29) is 12.0 Å². The average molecular weight is 314 g/mol. The molecule has 102 valence electrons. The van der Waals surface area contributed by atoms with Crippen LogP contribution in [0.2, 0.25) is 0 Å². The van der Waals surface area contributed by atoms with Gasteiger partial charge in [-0.3, -0.25) is 0 Å². The first-order valence-electron chi connectivity index (χ1n) is 6.55. The molecule has 3 heteroatoms. The fourth-order valence-corrected chi connectivity index (χ4v) is 2.54. The number of hydrogen-bond donors (Lipinski definition) is 2. The predicted octanol–water partition coefficient (Wildman–Crippen LogP) is 3.40. The summed E-state index contributed by atoms with van der Waals surface area (Å²) in [6.45, 7) is 8.90. The van der Waals surface area contributed by atoms with Crippen LogP contribution >= 0.6 is 15.9 Å². The van der Waals surface area contributed by atoms with Crippen molar-refractivity contribution < 1.29 is 5.11 Å². The largest absolute Gasteiger partial charge is 0.396 e. The Labute approximate surface area is 119 Å². The number of rotatable bonds is 7. The van der Waals surface area contributed by atoms with Crippen LogP contribution in [0.5, 0.6) is 0 Å². The van der Waals surface area contributed by atoms with E-state index in [1.54, 1.807) is 0 Å². The van der Waals surface area contributed by atoms with Gasteiger partial charge in [-0.15, -0.1) is 0 Å². The van der Waals surface area contributed by atoms with Gasteiger partial charge in [-0.2, -0.15) is 0 Å². The smallest absolute Gasteiger partial charge is 0.0431 e. The topological polar surface area (TPSA) is 32.3 Å². The van der Waals surface area contributed by atoms with Crippen LogP contribution in [0.3, 0.4) is 0 Å². The van der Waals surface area contributed by atoms with Crippen molar-refractivity contribution >= 4 is 15.9 Å². The average Bonchev–Trinajstić information content (AvgIpc) is 2.32. The third kappa shape index (κ3) is 4.71. The Morgan fingerprint density at radius 1 is 1.28 bits per heavy atom. The number of aliphatic hydroxyl groups is 1. The zero-order valence-corrected chi connectivity index (χ0v) is 13.2. The van der Waals surface area contributed by atoms with Crippen molar-refractivity contribution in [3.63, 3.8) is 0 Å². The van der Waals surface area contributed by atoms with E-state index >= 15 is 0 Å². The lowest BCUT2D eigenvalue weighted by atomic mass is 9.82. The second-order valence-corrected chi connectivity index (χ2v) is 6.37. The summed E-state index contributed by atoms with van der Waals surface area (Å²) in [5.74, 6) is 0. The van der Waals surface area contributed by atoms with Gasteiger partial charge >= 0.3 is 0 Å². The van der Waals surface area contributed by atoms with Gasteiger partial charge < -0.3 is 10.4 Å². The summed E-state index contributed by atoms with van der Waals surface area (Å²) in [7, 11) is 0. The molecule has 0 radical (unpaired) electrons. The normalized spacial score (nSPS) is 11.8. The maximum atomic E-state index is 8.74. The second kappa shape index (κ2) is 7.27. The summed E-state index contributed by atoms with van der Waals surface area (Å²) >= 11 is 3.54. The van der Waals surface area contributed by atoms with E-state index in [2.05, 4.69) is 60.2 Å². The molecule has 0 saturated carbocycles. The Kier molecular flexibility index (Phi) is 6.33. The maximum Gasteiger partial charge on any atom is 0.0431 e. The Morgan fingerprint density at radius 3 is 2.67 bits per heavy atom. The van der Waals surface area contributed by atoms with E-state index in [4.69, 9.17) is 5.11 Å². The third-order valence-corrected chi connectivity index (χ3v) is 3.75. The monoisotopic (exact) mass is 313 g/mol. The molecule has 1 aromatic rings. The maximum absolute atomic E-state index is 8.74. The van der Waals surface area contributed by atoms with Crippen LogP contribution < -0.4 is 5.32 Å². The molecule has 2 nitrogen and oxygen atoms in total. The first kappa shape index (κ1) is 15.7. The van der Waals surface area contributed by atoms with Gasteiger partial charge in [0.05, 0.1) is 0 Å². The van der Waals surface area contributed by atoms with Crippen molar-refractivity contribution in [2.24, 2.45) is 0 Å². The van der Waals surface area contributed by atoms with Crippen molar-refractivity contribution in [3.05, 3.63) is 33.8 Å². The molecule has 0 saturated heterocycles. The van der Waals surface area contributed by atoms with E-state index in [9.17, 15) is 0 Å². The summed E-state index contributed by atoms with van der Waals surface area (Å²) in [4.78, 5) is 0. The molecule has 0 aromatic heterocycles. The summed E-state index contributed by atoms with van der Waals surface area (Å²) in [6.07, 6.45) is 1.91. The van der Waals surface area contributed by atoms with Crippen LogP contribution in [0.15, 0.2) is 22.7 Å². The van der Waals surface area contributed by atoms with Crippen molar-refractivity contribution in [2.75, 3.05) is 19.7 Å². The minimum atomic E-state index is 0.118. The lowest BCUT2D eigenvalue weighted by Gasteiger charge is -2.28. The highest BCUT2D eigenvalue weighted by molar-refractivity contribution is 9.10. The van der Waals surface area contributed by atoms with Crippen LogP contribution in [0.25, 0.3) is 0 Å². The number of aliphatic hydroxyl groups excluding tert-OH is 1. The number of halogens is 1. The Balaban J connectivity index is 2.59. The number of unbranched alkanes of at least 4 members (excludes halogenated alkanes) is 1. The summed E-state index contributed by atoms with van der Waals surface area (Å²) in [5.41, 5.74) is 2.83. The van der Waals surface area contributed by atoms with E-state index in [0.717, 1.165) is 30.4 Å². The fraction of sp³-hybridized carbons (Fsp3) is 0.600. The molecule has 0 amide bonds. The van der Waals surface area contributed by atoms with E-state index in [0.29, 0.717) is 0 Å². The van der Waals surface area contributed by atoms with E-state index in [1.807, 2.05) is 0 Å². The number of aryl methyl sites for hydroxylation is 1. The van der Waals surface area contributed by atoms with Gasteiger partial charge in [0.1, 0.15) is 0 Å². The van der Waals surface area contributed by atoms with Gasteiger partial charge in [-0.05, 0) is 49.6 Å². The van der Waals surface area contributed by atoms with Crippen molar-refractivity contribution in [1.82, 2.24) is 5.32 Å². The van der Waals surface area contributed by atoms with Crippen LogP contribution in [0.1, 0.15) is 37.8 Å². The van der Waals surface area contributed by atoms with E-state index in [1.165, 1.54) is 11.1 Å². The number of nitrogens with one attached hydrogen (secondary N) is 1. The van der Waals surface area contributed by atoms with Gasteiger partial charge in [-0.25, -0.2) is 0 Å². The second-order valence-electron chi connectivity index (χ2n) is 5.45. The first-order valence-corrected chi connectivity index (χ1v) is 7.35. The molecule has 0 unspecified atom stereocenters. The van der Waals surface area contributed by atoms with Crippen LogP contribution in [0.4, 0.5) is 0 Å². The zero-order chi connectivity index (χ0) is 13.6. The number of hydrogen-bond acceptors (Lipinski definition) is 2. The molecule has 1 rings (SSSR count). The Morgan fingerprint density at radius 2 is 2.00 bits per heavy atom. The van der Waals surface area contributed by atoms with Crippen molar-refractivity contribution in [3.8, 4) is 0 Å². The van der Waals surface area contributed by atoms with Crippen LogP contribution in [0, 0.1) is 6.92 Å². The minimum absolute atomic E-state index is 0.118. The molecule has 0 fully saturated rings. The highest BCUT2D eigenvalue weighted by Crippen LogP contribution is 2.28. The lowest BCUT2D eigenvalue weighted by Crippen LogP contribution is -2.34. The molecule has 0 aliphatic carbocycles. The SMILES string of the molecule is Cc1ccc(Br)cc1C(C)(C)CNCCCCO. The Hall–Kier alpha value is -0.380. The summed E-state index contributed by atoms with van der Waals surface area (Å²) in [6, 6.07) is 6.46. The quantitative estimate of drug-likeness (QED) is 0.756. The summed E-state index contributed by atoms with van der Waals surface area (Å²) in [5, 5.41) is 12.2. The zero-order valence-electron chi connectivity index (χ0n) is 11.6. The van der Waals surface area contributed by atoms with Gasteiger partial charge in [0.15, 0.2) is 0 Å². The van der Waals surface area contributed by atoms with Crippen LogP contribution in [-0.2, 0) is 5.41 Å². The van der Waals surface area contributed by atoms with Crippen LogP contribution in [-0.4, -0.2) is 24.8 Å². The first-order chi connectivity index (χ1) is 8.47. The standard InChI is InChI=1S/C15H24BrNO/c1-12-6-7-13(16)10-14(12)15(2,3)11-17-8-4-5-9-18/h6-7,10,17-18H,4-5,8-9,11H2,1-3H3. The van der Waals surface area contributed by atoms with Gasteiger partial charge in [0.25, 0.3) is 0 Å². The molecule has 0 bridgehead atoms. The third-order valence-electron chi connectivity index (χ3n) is 3.26. The predicted molar refractivity (Wildman–Crippen MR) is 81.1 cm³/mol. The van der Waals surface area contributed by atoms with Crippen molar-refractivity contribution in [2.45, 2.75) is 39.0 Å². The Bertz CT molecular complexity index is 377. The highest BCUT2D eigenvalue weighted by Gasteiger charge is 2.22. The molecule has 2 N–H and O–H groups in total.